The molecule has 0 bridgehead atoms. The van der Waals surface area contributed by atoms with Gasteiger partial charge in [-0.15, -0.1) is 0 Å². The fourth-order valence-electron chi connectivity index (χ4n) is 2.81. The molecule has 2 aliphatic rings. The standard InChI is InChI=1S/C13H5N3O7.C3H6N2/c17-13-9-3-6(14(18)19)1-2-8(9)12-10(13)4-7(15(20)21)5-11(12)16(22)23;1-2-4-5-3-1/h1-5H;1-2,4-5H,3H2. The van der Waals surface area contributed by atoms with Crippen molar-refractivity contribution in [1.29, 1.82) is 0 Å². The minimum atomic E-state index is -0.841. The lowest BCUT2D eigenvalue weighted by molar-refractivity contribution is -0.393. The summed E-state index contributed by atoms with van der Waals surface area (Å²) in [5, 5.41) is 32.9. The van der Waals surface area contributed by atoms with Crippen LogP contribution in [0.5, 0.6) is 0 Å². The van der Waals surface area contributed by atoms with Crippen LogP contribution in [0.2, 0.25) is 0 Å². The van der Waals surface area contributed by atoms with Crippen LogP contribution in [0.4, 0.5) is 17.1 Å². The van der Waals surface area contributed by atoms with Crippen molar-refractivity contribution in [3.05, 3.63) is 84.1 Å². The normalized spacial score (nSPS) is 13.1. The summed E-state index contributed by atoms with van der Waals surface area (Å²) in [7, 11) is 0. The third-order valence-corrected chi connectivity index (χ3v) is 4.01. The quantitative estimate of drug-likeness (QED) is 0.506. The van der Waals surface area contributed by atoms with Crippen LogP contribution in [0, 0.1) is 30.3 Å². The summed E-state index contributed by atoms with van der Waals surface area (Å²) in [4.78, 5) is 42.8. The van der Waals surface area contributed by atoms with Crippen LogP contribution in [0.25, 0.3) is 11.1 Å². The molecule has 2 aromatic rings. The number of fused-ring (bicyclic) bond motifs is 3. The fraction of sp³-hybridized carbons (Fsp3) is 0.0625. The maximum Gasteiger partial charge on any atom is 0.284 e. The topological polar surface area (TPSA) is 171 Å². The van der Waals surface area contributed by atoms with E-state index in [1.807, 2.05) is 12.3 Å². The van der Waals surface area contributed by atoms with E-state index in [4.69, 9.17) is 0 Å². The molecule has 2 aromatic carbocycles. The highest BCUT2D eigenvalue weighted by Crippen LogP contribution is 2.45. The van der Waals surface area contributed by atoms with Crippen molar-refractivity contribution in [3.8, 4) is 11.1 Å². The second-order valence-electron chi connectivity index (χ2n) is 5.65. The number of carbonyl (C=O) groups is 1. The molecule has 0 aromatic heterocycles. The number of hydrogen-bond acceptors (Lipinski definition) is 9. The van der Waals surface area contributed by atoms with Gasteiger partial charge in [0.2, 0.25) is 0 Å². The van der Waals surface area contributed by atoms with Crippen LogP contribution in [0.3, 0.4) is 0 Å². The van der Waals surface area contributed by atoms with Gasteiger partial charge in [0.25, 0.3) is 17.1 Å². The average molecular weight is 385 g/mol. The lowest BCUT2D eigenvalue weighted by Gasteiger charge is -2.02. The van der Waals surface area contributed by atoms with E-state index in [9.17, 15) is 35.1 Å². The molecule has 12 nitrogen and oxygen atoms in total. The number of carbonyl (C=O) groups excluding carboxylic acids is 1. The molecule has 2 N–H and O–H groups in total. The maximum atomic E-state index is 12.3. The van der Waals surface area contributed by atoms with Crippen molar-refractivity contribution in [2.75, 3.05) is 6.54 Å². The zero-order valence-electron chi connectivity index (χ0n) is 13.9. The third kappa shape index (κ3) is 3.26. The van der Waals surface area contributed by atoms with Crippen LogP contribution in [-0.2, 0) is 0 Å². The molecular formula is C16H11N5O7. The molecule has 0 spiro atoms. The Morgan fingerprint density at radius 3 is 2.00 bits per heavy atom. The monoisotopic (exact) mass is 385 g/mol. The van der Waals surface area contributed by atoms with E-state index in [2.05, 4.69) is 10.9 Å². The highest BCUT2D eigenvalue weighted by molar-refractivity contribution is 6.23. The van der Waals surface area contributed by atoms with Crippen molar-refractivity contribution >= 4 is 22.8 Å². The molecule has 4 rings (SSSR count). The van der Waals surface area contributed by atoms with Gasteiger partial charge in [-0.3, -0.25) is 35.1 Å². The van der Waals surface area contributed by atoms with E-state index in [0.717, 1.165) is 30.8 Å². The third-order valence-electron chi connectivity index (χ3n) is 4.01. The summed E-state index contributed by atoms with van der Waals surface area (Å²) in [5.41, 5.74) is 3.93. The van der Waals surface area contributed by atoms with E-state index >= 15 is 0 Å². The van der Waals surface area contributed by atoms with Gasteiger partial charge in [0.05, 0.1) is 26.4 Å². The Labute approximate surface area is 155 Å². The summed E-state index contributed by atoms with van der Waals surface area (Å²) in [5.74, 6) is -0.717. The Morgan fingerprint density at radius 2 is 1.50 bits per heavy atom. The molecule has 0 saturated carbocycles. The van der Waals surface area contributed by atoms with E-state index < -0.39 is 31.9 Å². The highest BCUT2D eigenvalue weighted by Gasteiger charge is 2.36. The van der Waals surface area contributed by atoms with Crippen molar-refractivity contribution in [3.63, 3.8) is 0 Å². The zero-order chi connectivity index (χ0) is 20.4. The van der Waals surface area contributed by atoms with Gasteiger partial charge >= 0.3 is 0 Å². The first kappa shape index (κ1) is 18.6. The minimum Gasteiger partial charge on any atom is -0.329 e. The molecule has 0 fully saturated rings. The van der Waals surface area contributed by atoms with E-state index in [-0.39, 0.29) is 27.9 Å². The molecule has 1 aliphatic heterocycles. The molecule has 1 aliphatic carbocycles. The second kappa shape index (κ2) is 7.20. The SMILES string of the molecule is C1=CNNC1.O=C1c2cc([N+](=O)[O-])ccc2-c2c1cc([N+](=O)[O-])cc2[N+](=O)[O-]. The van der Waals surface area contributed by atoms with Crippen LogP contribution >= 0.6 is 0 Å². The van der Waals surface area contributed by atoms with Gasteiger partial charge in [-0.05, 0) is 6.07 Å². The van der Waals surface area contributed by atoms with E-state index in [0.29, 0.717) is 0 Å². The van der Waals surface area contributed by atoms with Gasteiger partial charge in [0.1, 0.15) is 0 Å². The van der Waals surface area contributed by atoms with Crippen molar-refractivity contribution < 1.29 is 19.6 Å². The summed E-state index contributed by atoms with van der Waals surface area (Å²) in [6.07, 6.45) is 3.89. The predicted octanol–water partition coefficient (Wildman–Crippen LogP) is 2.23. The number of ketones is 1. The summed E-state index contributed by atoms with van der Waals surface area (Å²) in [6, 6.07) is 5.06. The number of nitrogens with zero attached hydrogens (tertiary/aromatic N) is 3. The lowest BCUT2D eigenvalue weighted by atomic mass is 10.0. The Hall–Kier alpha value is -4.19. The maximum absolute atomic E-state index is 12.3. The van der Waals surface area contributed by atoms with Gasteiger partial charge in [-0.25, -0.2) is 5.43 Å². The Kier molecular flexibility index (Phi) is 4.78. The van der Waals surface area contributed by atoms with Crippen LogP contribution in [0.15, 0.2) is 42.6 Å². The molecule has 1 heterocycles. The highest BCUT2D eigenvalue weighted by atomic mass is 16.6. The lowest BCUT2D eigenvalue weighted by Crippen LogP contribution is -2.19. The number of hydrogen-bond donors (Lipinski definition) is 2. The van der Waals surface area contributed by atoms with E-state index in [1.165, 1.54) is 6.07 Å². The number of rotatable bonds is 3. The van der Waals surface area contributed by atoms with Crippen LogP contribution in [0.1, 0.15) is 15.9 Å². The molecule has 142 valence electrons. The Bertz CT molecular complexity index is 1060. The smallest absolute Gasteiger partial charge is 0.284 e. The fourth-order valence-corrected chi connectivity index (χ4v) is 2.81. The average Bonchev–Trinajstić information content (AvgIpc) is 3.32. The Morgan fingerprint density at radius 1 is 0.821 bits per heavy atom. The van der Waals surface area contributed by atoms with Gasteiger partial charge < -0.3 is 5.43 Å². The largest absolute Gasteiger partial charge is 0.329 e. The van der Waals surface area contributed by atoms with Gasteiger partial charge in [-0.1, -0.05) is 6.08 Å². The Balaban J connectivity index is 0.000000391. The van der Waals surface area contributed by atoms with Crippen LogP contribution < -0.4 is 10.9 Å². The minimum absolute atomic E-state index is 0.0597. The first-order valence-corrected chi connectivity index (χ1v) is 7.75. The summed E-state index contributed by atoms with van der Waals surface area (Å²) in [6.45, 7) is 0.958. The first-order valence-electron chi connectivity index (χ1n) is 7.75. The number of hydrazine groups is 1. The van der Waals surface area contributed by atoms with Crippen molar-refractivity contribution in [2.45, 2.75) is 0 Å². The van der Waals surface area contributed by atoms with Crippen molar-refractivity contribution in [1.82, 2.24) is 10.9 Å². The molecule has 0 amide bonds. The predicted molar refractivity (Wildman–Crippen MR) is 95.6 cm³/mol. The zero-order valence-corrected chi connectivity index (χ0v) is 13.9. The molecular weight excluding hydrogens is 374 g/mol. The number of non-ortho nitro benzene ring substituents is 2. The number of benzene rings is 2. The van der Waals surface area contributed by atoms with E-state index in [1.54, 1.807) is 0 Å². The van der Waals surface area contributed by atoms with Gasteiger partial charge in [-0.2, -0.15) is 0 Å². The number of nitro groups is 3. The van der Waals surface area contributed by atoms with Crippen molar-refractivity contribution in [2.24, 2.45) is 0 Å². The van der Waals surface area contributed by atoms with Gasteiger partial charge in [0.15, 0.2) is 5.78 Å². The molecule has 0 unspecified atom stereocenters. The van der Waals surface area contributed by atoms with Crippen LogP contribution in [-0.4, -0.2) is 27.1 Å². The number of nitrogens with one attached hydrogen (secondary N) is 2. The van der Waals surface area contributed by atoms with Gasteiger partial charge in [0, 0.05) is 47.6 Å². The molecule has 12 heteroatoms. The summed E-state index contributed by atoms with van der Waals surface area (Å²) < 4.78 is 0. The first-order chi connectivity index (χ1) is 13.3. The molecule has 28 heavy (non-hydrogen) atoms. The molecule has 0 atom stereocenters. The number of nitro benzene ring substituents is 3. The molecule has 0 saturated heterocycles. The second-order valence-corrected chi connectivity index (χ2v) is 5.65. The summed E-state index contributed by atoms with van der Waals surface area (Å²) >= 11 is 0. The molecule has 0 radical (unpaired) electrons.